The average molecular weight is 294 g/mol. The Morgan fingerprint density at radius 2 is 2.00 bits per heavy atom. The van der Waals surface area contributed by atoms with Crippen LogP contribution in [0.1, 0.15) is 0 Å². The largest absolute Gasteiger partial charge is 0.495 e. The zero-order valence-electron chi connectivity index (χ0n) is 9.95. The molecule has 2 heterocycles. The van der Waals surface area contributed by atoms with E-state index in [1.807, 2.05) is 18.2 Å². The first-order valence-electron chi connectivity index (χ1n) is 5.54. The average Bonchev–Trinajstić information content (AvgIpc) is 2.86. The Bertz CT molecular complexity index is 755. The van der Waals surface area contributed by atoms with Gasteiger partial charge in [0.05, 0.1) is 17.8 Å². The Balaban J connectivity index is 2.25. The number of rotatable bonds is 2. The summed E-state index contributed by atoms with van der Waals surface area (Å²) in [4.78, 5) is 4.17. The molecule has 0 spiro atoms. The van der Waals surface area contributed by atoms with Crippen LogP contribution in [0.15, 0.2) is 30.5 Å². The van der Waals surface area contributed by atoms with Gasteiger partial charge in [-0.15, -0.1) is 0 Å². The van der Waals surface area contributed by atoms with E-state index in [4.69, 9.17) is 27.9 Å². The third-order valence-corrected chi connectivity index (χ3v) is 3.73. The van der Waals surface area contributed by atoms with E-state index in [0.717, 1.165) is 16.6 Å². The van der Waals surface area contributed by atoms with Crippen LogP contribution in [0.25, 0.3) is 22.3 Å². The van der Waals surface area contributed by atoms with Crippen molar-refractivity contribution < 1.29 is 4.74 Å². The third kappa shape index (κ3) is 1.93. The number of aromatic amines is 1. The first-order valence-corrected chi connectivity index (χ1v) is 6.29. The van der Waals surface area contributed by atoms with E-state index < -0.39 is 0 Å². The minimum atomic E-state index is 0.383. The van der Waals surface area contributed by atoms with Crippen molar-refractivity contribution in [2.75, 3.05) is 7.11 Å². The van der Waals surface area contributed by atoms with E-state index in [0.29, 0.717) is 21.4 Å². The van der Waals surface area contributed by atoms with Gasteiger partial charge in [0.15, 0.2) is 5.65 Å². The number of fused-ring (bicyclic) bond motifs is 1. The summed E-state index contributed by atoms with van der Waals surface area (Å²) in [6, 6.07) is 7.38. The number of benzene rings is 1. The number of hydrogen-bond acceptors (Lipinski definition) is 3. The monoisotopic (exact) mass is 293 g/mol. The summed E-state index contributed by atoms with van der Waals surface area (Å²) in [6.07, 6.45) is 1.69. The van der Waals surface area contributed by atoms with Crippen LogP contribution in [-0.2, 0) is 0 Å². The number of methoxy groups -OCH3 is 1. The second kappa shape index (κ2) is 4.72. The summed E-state index contributed by atoms with van der Waals surface area (Å²) >= 11 is 12.4. The summed E-state index contributed by atoms with van der Waals surface area (Å²) in [6.45, 7) is 0. The van der Waals surface area contributed by atoms with Gasteiger partial charge >= 0.3 is 0 Å². The molecule has 0 fully saturated rings. The highest BCUT2D eigenvalue weighted by molar-refractivity contribution is 6.44. The molecule has 4 nitrogen and oxygen atoms in total. The molecule has 2 aromatic heterocycles. The van der Waals surface area contributed by atoms with Crippen molar-refractivity contribution in [3.05, 3.63) is 40.5 Å². The molecule has 0 saturated heterocycles. The maximum atomic E-state index is 6.29. The standard InChI is InChI=1S/C13H9Cl2N3O/c1-19-9-5-4-7(10(14)11(9)15)12-8-3-2-6-16-13(8)18-17-12/h2-6H,1H3,(H,16,17,18). The number of H-pyrrole nitrogens is 1. The Morgan fingerprint density at radius 1 is 1.16 bits per heavy atom. The van der Waals surface area contributed by atoms with Gasteiger partial charge < -0.3 is 4.74 Å². The molecule has 1 aromatic carbocycles. The molecule has 0 unspecified atom stereocenters. The molecular formula is C13H9Cl2N3O. The van der Waals surface area contributed by atoms with Crippen LogP contribution < -0.4 is 4.74 Å². The molecule has 6 heteroatoms. The smallest absolute Gasteiger partial charge is 0.181 e. The summed E-state index contributed by atoms with van der Waals surface area (Å²) in [5, 5.41) is 8.78. The van der Waals surface area contributed by atoms with Crippen molar-refractivity contribution in [2.24, 2.45) is 0 Å². The van der Waals surface area contributed by atoms with E-state index in [1.54, 1.807) is 19.4 Å². The van der Waals surface area contributed by atoms with E-state index in [2.05, 4.69) is 15.2 Å². The lowest BCUT2D eigenvalue weighted by Gasteiger charge is -2.08. The Morgan fingerprint density at radius 3 is 2.79 bits per heavy atom. The normalized spacial score (nSPS) is 10.9. The molecule has 96 valence electrons. The van der Waals surface area contributed by atoms with Gasteiger partial charge in [-0.05, 0) is 24.3 Å². The maximum Gasteiger partial charge on any atom is 0.181 e. The van der Waals surface area contributed by atoms with Gasteiger partial charge in [0.2, 0.25) is 0 Å². The van der Waals surface area contributed by atoms with Crippen LogP contribution >= 0.6 is 23.2 Å². The van der Waals surface area contributed by atoms with Crippen LogP contribution in [0.4, 0.5) is 0 Å². The van der Waals surface area contributed by atoms with Gasteiger partial charge in [-0.3, -0.25) is 5.10 Å². The SMILES string of the molecule is COc1ccc(-c2[nH]nc3ncccc23)c(Cl)c1Cl. The molecule has 0 amide bonds. The highest BCUT2D eigenvalue weighted by Gasteiger charge is 2.15. The molecule has 0 radical (unpaired) electrons. The molecule has 0 atom stereocenters. The lowest BCUT2D eigenvalue weighted by atomic mass is 10.1. The molecule has 3 aromatic rings. The Hall–Kier alpha value is -1.78. The predicted molar refractivity (Wildman–Crippen MR) is 75.9 cm³/mol. The summed E-state index contributed by atoms with van der Waals surface area (Å²) in [5.74, 6) is 0.539. The number of pyridine rings is 1. The van der Waals surface area contributed by atoms with Gasteiger partial charge in [-0.2, -0.15) is 5.10 Å². The van der Waals surface area contributed by atoms with E-state index in [1.165, 1.54) is 0 Å². The summed E-state index contributed by atoms with van der Waals surface area (Å²) in [7, 11) is 1.55. The molecule has 3 rings (SSSR count). The van der Waals surface area contributed by atoms with Gasteiger partial charge in [0, 0.05) is 17.1 Å². The van der Waals surface area contributed by atoms with E-state index in [-0.39, 0.29) is 0 Å². The Kier molecular flexibility index (Phi) is 3.05. The van der Waals surface area contributed by atoms with Crippen molar-refractivity contribution in [3.63, 3.8) is 0 Å². The number of halogens is 2. The lowest BCUT2D eigenvalue weighted by Crippen LogP contribution is -1.88. The van der Waals surface area contributed by atoms with Crippen molar-refractivity contribution in [1.29, 1.82) is 0 Å². The first-order chi connectivity index (χ1) is 9.22. The second-order valence-electron chi connectivity index (χ2n) is 3.92. The van der Waals surface area contributed by atoms with Crippen molar-refractivity contribution in [2.45, 2.75) is 0 Å². The number of hydrogen-bond donors (Lipinski definition) is 1. The van der Waals surface area contributed by atoms with Gasteiger partial charge in [-0.1, -0.05) is 23.2 Å². The van der Waals surface area contributed by atoms with Crippen LogP contribution in [0.3, 0.4) is 0 Å². The molecule has 19 heavy (non-hydrogen) atoms. The minimum Gasteiger partial charge on any atom is -0.495 e. The Labute approximate surface area is 119 Å². The lowest BCUT2D eigenvalue weighted by molar-refractivity contribution is 0.415. The fraction of sp³-hybridized carbons (Fsp3) is 0.0769. The topological polar surface area (TPSA) is 50.8 Å². The number of nitrogens with zero attached hydrogens (tertiary/aromatic N) is 2. The highest BCUT2D eigenvalue weighted by Crippen LogP contribution is 2.40. The van der Waals surface area contributed by atoms with Crippen molar-refractivity contribution in [3.8, 4) is 17.0 Å². The second-order valence-corrected chi connectivity index (χ2v) is 4.67. The molecule has 0 aliphatic rings. The maximum absolute atomic E-state index is 6.29. The zero-order chi connectivity index (χ0) is 13.4. The quantitative estimate of drug-likeness (QED) is 0.778. The summed E-state index contributed by atoms with van der Waals surface area (Å²) < 4.78 is 5.13. The van der Waals surface area contributed by atoms with E-state index in [9.17, 15) is 0 Å². The van der Waals surface area contributed by atoms with Gasteiger partial charge in [0.1, 0.15) is 10.8 Å². The predicted octanol–water partition coefficient (Wildman–Crippen LogP) is 3.94. The third-order valence-electron chi connectivity index (χ3n) is 2.87. The minimum absolute atomic E-state index is 0.383. The number of nitrogens with one attached hydrogen (secondary N) is 1. The molecule has 0 aliphatic carbocycles. The van der Waals surface area contributed by atoms with E-state index >= 15 is 0 Å². The van der Waals surface area contributed by atoms with Crippen molar-refractivity contribution >= 4 is 34.2 Å². The fourth-order valence-corrected chi connectivity index (χ4v) is 2.43. The zero-order valence-corrected chi connectivity index (χ0v) is 11.5. The van der Waals surface area contributed by atoms with Crippen LogP contribution in [0.5, 0.6) is 5.75 Å². The van der Waals surface area contributed by atoms with Crippen molar-refractivity contribution in [1.82, 2.24) is 15.2 Å². The number of aromatic nitrogens is 3. The van der Waals surface area contributed by atoms with Crippen LogP contribution in [-0.4, -0.2) is 22.3 Å². The van der Waals surface area contributed by atoms with Gasteiger partial charge in [0.25, 0.3) is 0 Å². The first kappa shape index (κ1) is 12.3. The fourth-order valence-electron chi connectivity index (χ4n) is 1.94. The molecule has 0 bridgehead atoms. The molecule has 0 aliphatic heterocycles. The van der Waals surface area contributed by atoms with Crippen LogP contribution in [0.2, 0.25) is 10.0 Å². The van der Waals surface area contributed by atoms with Crippen LogP contribution in [0, 0.1) is 0 Å². The highest BCUT2D eigenvalue weighted by atomic mass is 35.5. The molecular weight excluding hydrogens is 285 g/mol. The number of ether oxygens (including phenoxy) is 1. The molecule has 0 saturated carbocycles. The molecule has 1 N–H and O–H groups in total. The van der Waals surface area contributed by atoms with Gasteiger partial charge in [-0.25, -0.2) is 4.98 Å². The summed E-state index contributed by atoms with van der Waals surface area (Å²) in [5.41, 5.74) is 2.20.